The molecule has 0 N–H and O–H groups in total. The first-order chi connectivity index (χ1) is 6.08. The molecule has 1 aromatic rings. The van der Waals surface area contributed by atoms with Crippen LogP contribution in [0.25, 0.3) is 6.08 Å². The first-order valence-electron chi connectivity index (χ1n) is 3.73. The van der Waals surface area contributed by atoms with Gasteiger partial charge >= 0.3 is 51.4 Å². The maximum atomic E-state index is 10.2. The summed E-state index contributed by atoms with van der Waals surface area (Å²) in [5, 5.41) is 0. The van der Waals surface area contributed by atoms with Gasteiger partial charge in [0.15, 0.2) is 0 Å². The molecular weight excluding hydrogens is 227 g/mol. The normalized spacial score (nSPS) is 11.2. The van der Waals surface area contributed by atoms with Crippen LogP contribution < -0.4 is 51.4 Å². The summed E-state index contributed by atoms with van der Waals surface area (Å²) in [5.74, 6) is -0.456. The van der Waals surface area contributed by atoms with Crippen LogP contribution in [-0.2, 0) is 10.1 Å². The molecule has 0 aliphatic carbocycles. The summed E-state index contributed by atoms with van der Waals surface area (Å²) >= 11 is 0. The Morgan fingerprint density at radius 1 is 1.21 bits per heavy atom. The Hall–Kier alpha value is 0.506. The molecule has 0 bridgehead atoms. The smallest absolute Gasteiger partial charge is 0.748 e. The van der Waals surface area contributed by atoms with Gasteiger partial charge in [0.1, 0.15) is 0 Å². The molecule has 0 saturated carbocycles. The Bertz CT molecular complexity index is 384. The zero-order valence-electron chi connectivity index (χ0n) is 7.88. The standard InChI is InChI=1S/C9H10O3S.K/c10-13(11,12)8-4-7-9-5-2-1-3-6-9;/h1-7H,8H2,(H,10,11,12);/q;+1/p-1/b7-4+;. The topological polar surface area (TPSA) is 57.2 Å². The van der Waals surface area contributed by atoms with Crippen molar-refractivity contribution in [1.82, 2.24) is 0 Å². The Kier molecular flexibility index (Phi) is 7.14. The Labute approximate surface area is 126 Å². The maximum Gasteiger partial charge on any atom is 1.00 e. The summed E-state index contributed by atoms with van der Waals surface area (Å²) < 4.78 is 30.6. The van der Waals surface area contributed by atoms with Gasteiger partial charge in [0.25, 0.3) is 0 Å². The summed E-state index contributed by atoms with van der Waals surface area (Å²) in [6.45, 7) is 0. The van der Waals surface area contributed by atoms with Crippen LogP contribution in [0.3, 0.4) is 0 Å². The maximum absolute atomic E-state index is 10.2. The summed E-state index contributed by atoms with van der Waals surface area (Å²) in [5.41, 5.74) is 0.881. The Morgan fingerprint density at radius 3 is 2.29 bits per heavy atom. The fourth-order valence-electron chi connectivity index (χ4n) is 0.866. The quantitative estimate of drug-likeness (QED) is 0.462. The molecule has 0 heterocycles. The minimum Gasteiger partial charge on any atom is -0.748 e. The van der Waals surface area contributed by atoms with Crippen molar-refractivity contribution in [2.45, 2.75) is 0 Å². The summed E-state index contributed by atoms with van der Waals surface area (Å²) in [4.78, 5) is 0. The van der Waals surface area contributed by atoms with Gasteiger partial charge in [-0.3, -0.25) is 0 Å². The van der Waals surface area contributed by atoms with Crippen molar-refractivity contribution >= 4 is 16.2 Å². The summed E-state index contributed by atoms with van der Waals surface area (Å²) in [6, 6.07) is 9.19. The average Bonchev–Trinajstić information content (AvgIpc) is 2.04. The third kappa shape index (κ3) is 6.89. The predicted molar refractivity (Wildman–Crippen MR) is 50.0 cm³/mol. The van der Waals surface area contributed by atoms with Crippen molar-refractivity contribution in [1.29, 1.82) is 0 Å². The molecule has 0 fully saturated rings. The fraction of sp³-hybridized carbons (Fsp3) is 0.111. The van der Waals surface area contributed by atoms with Crippen LogP contribution in [-0.4, -0.2) is 18.7 Å². The van der Waals surface area contributed by atoms with Gasteiger partial charge < -0.3 is 4.55 Å². The van der Waals surface area contributed by atoms with Gasteiger partial charge in [-0.25, -0.2) is 8.42 Å². The predicted octanol–water partition coefficient (Wildman–Crippen LogP) is -1.75. The molecule has 14 heavy (non-hydrogen) atoms. The van der Waals surface area contributed by atoms with Crippen molar-refractivity contribution < 1.29 is 64.4 Å². The van der Waals surface area contributed by atoms with Crippen molar-refractivity contribution in [2.75, 3.05) is 5.75 Å². The minimum absolute atomic E-state index is 0. The van der Waals surface area contributed by atoms with E-state index in [0.717, 1.165) is 5.56 Å². The van der Waals surface area contributed by atoms with Gasteiger partial charge in [-0.2, -0.15) is 0 Å². The molecule has 0 amide bonds. The van der Waals surface area contributed by atoms with Crippen molar-refractivity contribution in [2.24, 2.45) is 0 Å². The van der Waals surface area contributed by atoms with Gasteiger partial charge in [-0.1, -0.05) is 42.5 Å². The molecule has 1 aromatic carbocycles. The largest absolute Gasteiger partial charge is 1.00 e. The second kappa shape index (κ2) is 6.89. The molecule has 0 aromatic heterocycles. The number of hydrogen-bond acceptors (Lipinski definition) is 3. The first kappa shape index (κ1) is 14.5. The van der Waals surface area contributed by atoms with E-state index in [0.29, 0.717) is 0 Å². The number of benzene rings is 1. The summed E-state index contributed by atoms with van der Waals surface area (Å²) in [6.07, 6.45) is 2.95. The van der Waals surface area contributed by atoms with Crippen LogP contribution in [0.15, 0.2) is 36.4 Å². The fourth-order valence-corrected chi connectivity index (χ4v) is 1.20. The average molecular weight is 236 g/mol. The van der Waals surface area contributed by atoms with E-state index in [-0.39, 0.29) is 51.4 Å². The third-order valence-electron chi connectivity index (χ3n) is 1.41. The zero-order chi connectivity index (χ0) is 9.73. The van der Waals surface area contributed by atoms with Crippen molar-refractivity contribution in [3.05, 3.63) is 42.0 Å². The molecule has 5 heteroatoms. The monoisotopic (exact) mass is 236 g/mol. The number of hydrogen-bond donors (Lipinski definition) is 0. The molecule has 0 unspecified atom stereocenters. The summed E-state index contributed by atoms with van der Waals surface area (Å²) in [7, 11) is -4.13. The molecule has 0 aliphatic heterocycles. The third-order valence-corrected chi connectivity index (χ3v) is 2.01. The van der Waals surface area contributed by atoms with Gasteiger partial charge in [0.05, 0.1) is 15.9 Å². The first-order valence-corrected chi connectivity index (χ1v) is 5.31. The zero-order valence-corrected chi connectivity index (χ0v) is 11.8. The van der Waals surface area contributed by atoms with Crippen LogP contribution in [0.5, 0.6) is 0 Å². The molecule has 3 nitrogen and oxygen atoms in total. The molecule has 0 atom stereocenters. The van der Waals surface area contributed by atoms with Crippen molar-refractivity contribution in [3.8, 4) is 0 Å². The molecule has 0 spiro atoms. The van der Waals surface area contributed by atoms with Gasteiger partial charge in [0, 0.05) is 0 Å². The van der Waals surface area contributed by atoms with Crippen molar-refractivity contribution in [3.63, 3.8) is 0 Å². The van der Waals surface area contributed by atoms with E-state index in [4.69, 9.17) is 0 Å². The van der Waals surface area contributed by atoms with Crippen LogP contribution in [0.2, 0.25) is 0 Å². The molecule has 1 rings (SSSR count). The minimum atomic E-state index is -4.13. The van der Waals surface area contributed by atoms with Crippen LogP contribution >= 0.6 is 0 Å². The van der Waals surface area contributed by atoms with E-state index in [1.807, 2.05) is 30.3 Å². The van der Waals surface area contributed by atoms with E-state index in [9.17, 15) is 13.0 Å². The van der Waals surface area contributed by atoms with Gasteiger partial charge in [-0.05, 0) is 5.56 Å². The molecule has 0 saturated heterocycles. The second-order valence-corrected chi connectivity index (χ2v) is 3.99. The van der Waals surface area contributed by atoms with Crippen LogP contribution in [0.1, 0.15) is 5.56 Å². The van der Waals surface area contributed by atoms with Gasteiger partial charge in [-0.15, -0.1) is 0 Å². The van der Waals surface area contributed by atoms with E-state index in [1.54, 1.807) is 6.08 Å². The van der Waals surface area contributed by atoms with E-state index < -0.39 is 15.9 Å². The SMILES string of the molecule is O=S(=O)([O-])C/C=C/c1ccccc1.[K+]. The van der Waals surface area contributed by atoms with Gasteiger partial charge in [0.2, 0.25) is 0 Å². The van der Waals surface area contributed by atoms with Crippen LogP contribution in [0.4, 0.5) is 0 Å². The molecule has 70 valence electrons. The molecule has 0 radical (unpaired) electrons. The van der Waals surface area contributed by atoms with E-state index >= 15 is 0 Å². The number of rotatable bonds is 3. The Balaban J connectivity index is 0.00000169. The van der Waals surface area contributed by atoms with E-state index in [2.05, 4.69) is 0 Å². The molecular formula is C9H9KO3S. The van der Waals surface area contributed by atoms with E-state index in [1.165, 1.54) is 6.08 Å². The molecule has 0 aliphatic rings. The van der Waals surface area contributed by atoms with Crippen LogP contribution in [0, 0.1) is 0 Å². The Morgan fingerprint density at radius 2 is 1.79 bits per heavy atom. The second-order valence-electron chi connectivity index (χ2n) is 2.54.